The molecule has 1 heterocycles. The van der Waals surface area contributed by atoms with Crippen LogP contribution in [0.1, 0.15) is 12.8 Å². The maximum Gasteiger partial charge on any atom is 0.137 e. The van der Waals surface area contributed by atoms with Gasteiger partial charge in [0.15, 0.2) is 0 Å². The molecule has 0 aromatic rings. The van der Waals surface area contributed by atoms with E-state index in [1.54, 1.807) is 0 Å². The second-order valence-corrected chi connectivity index (χ2v) is 3.15. The molecule has 0 aromatic carbocycles. The van der Waals surface area contributed by atoms with Crippen LogP contribution in [0.4, 0.5) is 4.39 Å². The first-order valence-electron chi connectivity index (χ1n) is 4.21. The van der Waals surface area contributed by atoms with Gasteiger partial charge < -0.3 is 9.90 Å². The van der Waals surface area contributed by atoms with Crippen molar-refractivity contribution < 1.29 is 14.3 Å². The molecular weight excluding hydrogens is 161 g/mol. The summed E-state index contributed by atoms with van der Waals surface area (Å²) in [5.41, 5.74) is 0. The molecule has 2 unspecified atom stereocenters. The van der Waals surface area contributed by atoms with Crippen molar-refractivity contribution >= 4 is 6.29 Å². The van der Waals surface area contributed by atoms with Crippen molar-refractivity contribution in [1.82, 2.24) is 4.90 Å². The van der Waals surface area contributed by atoms with Crippen molar-refractivity contribution in [3.05, 3.63) is 0 Å². The molecule has 1 fully saturated rings. The maximum absolute atomic E-state index is 11.9. The minimum absolute atomic E-state index is 0.105. The van der Waals surface area contributed by atoms with Crippen LogP contribution >= 0.6 is 0 Å². The first kappa shape index (κ1) is 9.61. The standard InChI is InChI=1S/C8H14FNO2/c9-4-8(12)5-10-3-1-2-7(10)6-11/h6-8,12H,1-5H2. The molecular formula is C8H14FNO2. The number of alkyl halides is 1. The van der Waals surface area contributed by atoms with Gasteiger partial charge in [0.2, 0.25) is 0 Å². The Hall–Kier alpha value is -0.480. The van der Waals surface area contributed by atoms with Crippen LogP contribution in [0, 0.1) is 0 Å². The average molecular weight is 175 g/mol. The van der Waals surface area contributed by atoms with Gasteiger partial charge in [0, 0.05) is 6.54 Å². The summed E-state index contributed by atoms with van der Waals surface area (Å²) in [7, 11) is 0. The van der Waals surface area contributed by atoms with Crippen LogP contribution in [-0.4, -0.2) is 48.2 Å². The van der Waals surface area contributed by atoms with Crippen LogP contribution in [0.2, 0.25) is 0 Å². The fraction of sp³-hybridized carbons (Fsp3) is 0.875. The highest BCUT2D eigenvalue weighted by Crippen LogP contribution is 2.15. The van der Waals surface area contributed by atoms with Crippen LogP contribution < -0.4 is 0 Å². The molecule has 12 heavy (non-hydrogen) atoms. The monoisotopic (exact) mass is 175 g/mol. The predicted molar refractivity (Wildman–Crippen MR) is 42.6 cm³/mol. The van der Waals surface area contributed by atoms with Gasteiger partial charge in [-0.15, -0.1) is 0 Å². The number of aliphatic hydroxyl groups excluding tert-OH is 1. The van der Waals surface area contributed by atoms with Gasteiger partial charge in [-0.1, -0.05) is 0 Å². The Labute approximate surface area is 71.2 Å². The van der Waals surface area contributed by atoms with Crippen molar-refractivity contribution in [2.24, 2.45) is 0 Å². The zero-order chi connectivity index (χ0) is 8.97. The molecule has 0 spiro atoms. The lowest BCUT2D eigenvalue weighted by molar-refractivity contribution is -0.111. The van der Waals surface area contributed by atoms with Gasteiger partial charge in [0.1, 0.15) is 13.0 Å². The summed E-state index contributed by atoms with van der Waals surface area (Å²) in [6, 6.07) is -0.105. The van der Waals surface area contributed by atoms with Crippen LogP contribution in [0.25, 0.3) is 0 Å². The Morgan fingerprint density at radius 3 is 3.08 bits per heavy atom. The van der Waals surface area contributed by atoms with Crippen molar-refractivity contribution in [2.75, 3.05) is 19.8 Å². The molecule has 1 aliphatic rings. The normalized spacial score (nSPS) is 27.3. The van der Waals surface area contributed by atoms with E-state index in [0.717, 1.165) is 25.7 Å². The number of likely N-dealkylation sites (tertiary alicyclic amines) is 1. The largest absolute Gasteiger partial charge is 0.389 e. The third-order valence-corrected chi connectivity index (χ3v) is 2.19. The van der Waals surface area contributed by atoms with E-state index in [4.69, 9.17) is 5.11 Å². The molecule has 1 rings (SSSR count). The van der Waals surface area contributed by atoms with E-state index < -0.39 is 12.8 Å². The minimum Gasteiger partial charge on any atom is -0.389 e. The highest BCUT2D eigenvalue weighted by atomic mass is 19.1. The van der Waals surface area contributed by atoms with Crippen molar-refractivity contribution in [1.29, 1.82) is 0 Å². The highest BCUT2D eigenvalue weighted by Gasteiger charge is 2.25. The second kappa shape index (κ2) is 4.52. The number of carbonyl (C=O) groups is 1. The summed E-state index contributed by atoms with van der Waals surface area (Å²) < 4.78 is 11.9. The summed E-state index contributed by atoms with van der Waals surface area (Å²) in [5.74, 6) is 0. The number of carbonyl (C=O) groups excluding carboxylic acids is 1. The van der Waals surface area contributed by atoms with Gasteiger partial charge in [0.25, 0.3) is 0 Å². The van der Waals surface area contributed by atoms with E-state index in [2.05, 4.69) is 0 Å². The molecule has 0 aliphatic carbocycles. The Morgan fingerprint density at radius 1 is 1.75 bits per heavy atom. The van der Waals surface area contributed by atoms with E-state index in [0.29, 0.717) is 0 Å². The summed E-state index contributed by atoms with van der Waals surface area (Å²) in [6.07, 6.45) is 1.73. The molecule has 70 valence electrons. The summed E-state index contributed by atoms with van der Waals surface area (Å²) in [6.45, 7) is 0.336. The van der Waals surface area contributed by atoms with Gasteiger partial charge in [-0.2, -0.15) is 0 Å². The summed E-state index contributed by atoms with van der Waals surface area (Å²) in [5, 5.41) is 9.00. The van der Waals surface area contributed by atoms with Gasteiger partial charge in [-0.25, -0.2) is 4.39 Å². The van der Waals surface area contributed by atoms with E-state index in [-0.39, 0.29) is 12.6 Å². The fourth-order valence-electron chi connectivity index (χ4n) is 1.55. The number of rotatable bonds is 4. The van der Waals surface area contributed by atoms with Gasteiger partial charge in [-0.3, -0.25) is 4.90 Å². The number of aldehydes is 1. The number of halogens is 1. The first-order valence-corrected chi connectivity index (χ1v) is 4.21. The molecule has 0 amide bonds. The lowest BCUT2D eigenvalue weighted by atomic mass is 10.2. The van der Waals surface area contributed by atoms with E-state index in [9.17, 15) is 9.18 Å². The first-order chi connectivity index (χ1) is 5.77. The Bertz CT molecular complexity index is 154. The van der Waals surface area contributed by atoms with Gasteiger partial charge in [0.05, 0.1) is 12.1 Å². The van der Waals surface area contributed by atoms with Crippen LogP contribution in [0.15, 0.2) is 0 Å². The molecule has 0 aromatic heterocycles. The lowest BCUT2D eigenvalue weighted by Gasteiger charge is -2.21. The van der Waals surface area contributed by atoms with Crippen molar-refractivity contribution in [3.8, 4) is 0 Å². The van der Waals surface area contributed by atoms with Crippen molar-refractivity contribution in [2.45, 2.75) is 25.0 Å². The molecule has 0 saturated carbocycles. The summed E-state index contributed by atoms with van der Waals surface area (Å²) in [4.78, 5) is 12.3. The Kier molecular flexibility index (Phi) is 3.62. The third kappa shape index (κ3) is 2.25. The average Bonchev–Trinajstić information content (AvgIpc) is 2.51. The number of nitrogens with zero attached hydrogens (tertiary/aromatic N) is 1. The number of hydrogen-bond acceptors (Lipinski definition) is 3. The quantitative estimate of drug-likeness (QED) is 0.610. The molecule has 4 heteroatoms. The third-order valence-electron chi connectivity index (χ3n) is 2.19. The molecule has 1 N–H and O–H groups in total. The smallest absolute Gasteiger partial charge is 0.137 e. The fourth-order valence-corrected chi connectivity index (χ4v) is 1.55. The van der Waals surface area contributed by atoms with E-state index in [1.807, 2.05) is 4.90 Å². The number of hydrogen-bond donors (Lipinski definition) is 1. The Balaban J connectivity index is 2.35. The van der Waals surface area contributed by atoms with Crippen molar-refractivity contribution in [3.63, 3.8) is 0 Å². The zero-order valence-corrected chi connectivity index (χ0v) is 6.95. The van der Waals surface area contributed by atoms with Crippen LogP contribution in [0.3, 0.4) is 0 Å². The number of aliphatic hydroxyl groups is 1. The van der Waals surface area contributed by atoms with E-state index in [1.165, 1.54) is 0 Å². The molecule has 1 saturated heterocycles. The molecule has 3 nitrogen and oxygen atoms in total. The highest BCUT2D eigenvalue weighted by molar-refractivity contribution is 5.58. The second-order valence-electron chi connectivity index (χ2n) is 3.15. The van der Waals surface area contributed by atoms with Crippen LogP contribution in [-0.2, 0) is 4.79 Å². The zero-order valence-electron chi connectivity index (χ0n) is 6.95. The molecule has 0 radical (unpaired) electrons. The van der Waals surface area contributed by atoms with E-state index >= 15 is 0 Å². The minimum atomic E-state index is -0.939. The molecule has 2 atom stereocenters. The molecule has 1 aliphatic heterocycles. The lowest BCUT2D eigenvalue weighted by Crippen LogP contribution is -2.37. The van der Waals surface area contributed by atoms with Gasteiger partial charge >= 0.3 is 0 Å². The van der Waals surface area contributed by atoms with Gasteiger partial charge in [-0.05, 0) is 19.4 Å². The predicted octanol–water partition coefficient (Wildman–Crippen LogP) is -0.0199. The Morgan fingerprint density at radius 2 is 2.50 bits per heavy atom. The van der Waals surface area contributed by atoms with Crippen LogP contribution in [0.5, 0.6) is 0 Å². The number of β-amino-alcohol motifs (C(OH)–C–C–N with tert-alkyl or cyclic N) is 1. The maximum atomic E-state index is 11.9. The summed E-state index contributed by atoms with van der Waals surface area (Å²) >= 11 is 0. The molecule has 0 bridgehead atoms. The SMILES string of the molecule is O=CC1CCCN1CC(O)CF. The topological polar surface area (TPSA) is 40.5 Å².